The van der Waals surface area contributed by atoms with E-state index in [-0.39, 0.29) is 5.91 Å². The van der Waals surface area contributed by atoms with E-state index in [1.807, 2.05) is 12.1 Å². The normalized spacial score (nSPS) is 10.8. The lowest BCUT2D eigenvalue weighted by molar-refractivity contribution is 0.0949. The maximum Gasteiger partial charge on any atom is 0.255 e. The number of methoxy groups -OCH3 is 1. The second-order valence-electron chi connectivity index (χ2n) is 7.50. The van der Waals surface area contributed by atoms with Crippen LogP contribution in [0.3, 0.4) is 0 Å². The van der Waals surface area contributed by atoms with Gasteiger partial charge in [0.25, 0.3) is 5.91 Å². The molecule has 0 atom stereocenters. The van der Waals surface area contributed by atoms with Crippen molar-refractivity contribution in [1.82, 2.24) is 15.2 Å². The van der Waals surface area contributed by atoms with Crippen LogP contribution in [0, 0.1) is 11.3 Å². The maximum atomic E-state index is 13.1. The number of aromatic nitrogens is 1. The van der Waals surface area contributed by atoms with Crippen molar-refractivity contribution >= 4 is 34.1 Å². The number of halogens is 1. The lowest BCUT2D eigenvalue weighted by Crippen LogP contribution is -2.35. The number of carbonyl (C=O) groups is 1. The molecule has 3 aromatic rings. The molecule has 2 N–H and O–H groups in total. The Bertz CT molecular complexity index is 1170. The standard InChI is InChI=1S/C25H28ClN5O2/c1-4-31(5-2)11-10-28-25(32)20-16-29-22-8-6-17(14-27)12-19(22)24(20)30-15-18-7-9-23(33-3)21(26)13-18/h6-9,12-13,16H,4-5,10-11,15H2,1-3H3,(H,28,32)(H,29,30). The number of fused-ring (bicyclic) bond motifs is 1. The molecule has 0 saturated carbocycles. The maximum absolute atomic E-state index is 13.1. The van der Waals surface area contributed by atoms with Crippen molar-refractivity contribution in [2.24, 2.45) is 0 Å². The Labute approximate surface area is 199 Å². The van der Waals surface area contributed by atoms with Gasteiger partial charge in [0.1, 0.15) is 5.75 Å². The minimum absolute atomic E-state index is 0.214. The smallest absolute Gasteiger partial charge is 0.255 e. The Hall–Kier alpha value is -3.34. The fraction of sp³-hybridized carbons (Fsp3) is 0.320. The highest BCUT2D eigenvalue weighted by Crippen LogP contribution is 2.29. The van der Waals surface area contributed by atoms with E-state index in [1.165, 1.54) is 0 Å². The number of rotatable bonds is 10. The summed E-state index contributed by atoms with van der Waals surface area (Å²) in [5.41, 5.74) is 3.18. The van der Waals surface area contributed by atoms with Gasteiger partial charge in [-0.25, -0.2) is 0 Å². The first-order valence-electron chi connectivity index (χ1n) is 10.9. The van der Waals surface area contributed by atoms with Gasteiger partial charge in [0, 0.05) is 31.2 Å². The summed E-state index contributed by atoms with van der Waals surface area (Å²) < 4.78 is 5.22. The van der Waals surface area contributed by atoms with E-state index >= 15 is 0 Å². The zero-order valence-electron chi connectivity index (χ0n) is 19.1. The van der Waals surface area contributed by atoms with Crippen LogP contribution in [-0.4, -0.2) is 49.1 Å². The molecule has 0 radical (unpaired) electrons. The van der Waals surface area contributed by atoms with Crippen LogP contribution in [0.2, 0.25) is 5.02 Å². The van der Waals surface area contributed by atoms with Crippen LogP contribution < -0.4 is 15.4 Å². The third kappa shape index (κ3) is 5.92. The predicted octanol–water partition coefficient (Wildman–Crippen LogP) is 4.45. The second-order valence-corrected chi connectivity index (χ2v) is 7.90. The zero-order chi connectivity index (χ0) is 23.8. The van der Waals surface area contributed by atoms with Gasteiger partial charge >= 0.3 is 0 Å². The van der Waals surface area contributed by atoms with Gasteiger partial charge < -0.3 is 20.3 Å². The molecule has 1 aromatic heterocycles. The molecule has 0 saturated heterocycles. The van der Waals surface area contributed by atoms with Gasteiger partial charge in [-0.15, -0.1) is 0 Å². The number of nitrogens with zero attached hydrogens (tertiary/aromatic N) is 3. The van der Waals surface area contributed by atoms with Crippen molar-refractivity contribution in [3.8, 4) is 11.8 Å². The van der Waals surface area contributed by atoms with E-state index in [2.05, 4.69) is 40.4 Å². The molecule has 0 bridgehead atoms. The number of ether oxygens (including phenoxy) is 1. The van der Waals surface area contributed by atoms with Crippen molar-refractivity contribution in [1.29, 1.82) is 5.26 Å². The zero-order valence-corrected chi connectivity index (χ0v) is 19.9. The minimum Gasteiger partial charge on any atom is -0.495 e. The third-order valence-corrected chi connectivity index (χ3v) is 5.83. The predicted molar refractivity (Wildman–Crippen MR) is 132 cm³/mol. The van der Waals surface area contributed by atoms with Gasteiger partial charge in [-0.1, -0.05) is 31.5 Å². The molecule has 3 rings (SSSR count). The topological polar surface area (TPSA) is 90.3 Å². The van der Waals surface area contributed by atoms with Crippen LogP contribution in [0.1, 0.15) is 35.3 Å². The molecule has 0 aliphatic heterocycles. The Morgan fingerprint density at radius 2 is 2.00 bits per heavy atom. The Balaban J connectivity index is 1.91. The molecule has 0 spiro atoms. The highest BCUT2D eigenvalue weighted by Gasteiger charge is 2.16. The molecule has 33 heavy (non-hydrogen) atoms. The highest BCUT2D eigenvalue weighted by molar-refractivity contribution is 6.32. The lowest BCUT2D eigenvalue weighted by atomic mass is 10.1. The average molecular weight is 466 g/mol. The molecular weight excluding hydrogens is 438 g/mol. The first-order valence-corrected chi connectivity index (χ1v) is 11.3. The Morgan fingerprint density at radius 1 is 1.21 bits per heavy atom. The number of carbonyl (C=O) groups excluding carboxylic acids is 1. The van der Waals surface area contributed by atoms with Crippen LogP contribution in [0.4, 0.5) is 5.69 Å². The number of pyridine rings is 1. The van der Waals surface area contributed by atoms with Crippen molar-refractivity contribution in [2.45, 2.75) is 20.4 Å². The molecule has 8 heteroatoms. The number of amides is 1. The molecule has 0 aliphatic carbocycles. The molecule has 7 nitrogen and oxygen atoms in total. The van der Waals surface area contributed by atoms with Gasteiger partial charge in [-0.05, 0) is 49.0 Å². The van der Waals surface area contributed by atoms with E-state index in [0.29, 0.717) is 51.6 Å². The SMILES string of the molecule is CCN(CC)CCNC(=O)c1cnc2ccc(C#N)cc2c1NCc1ccc(OC)c(Cl)c1. The van der Waals surface area contributed by atoms with Crippen molar-refractivity contribution in [3.05, 3.63) is 64.3 Å². The molecule has 0 aliphatic rings. The summed E-state index contributed by atoms with van der Waals surface area (Å²) in [6.07, 6.45) is 1.57. The van der Waals surface area contributed by atoms with E-state index in [1.54, 1.807) is 37.6 Å². The van der Waals surface area contributed by atoms with Gasteiger partial charge in [0.2, 0.25) is 0 Å². The van der Waals surface area contributed by atoms with E-state index in [9.17, 15) is 10.1 Å². The van der Waals surface area contributed by atoms with Crippen LogP contribution in [0.5, 0.6) is 5.75 Å². The summed E-state index contributed by atoms with van der Waals surface area (Å²) >= 11 is 6.27. The number of nitrogens with one attached hydrogen (secondary N) is 2. The number of anilines is 1. The van der Waals surface area contributed by atoms with Crippen LogP contribution >= 0.6 is 11.6 Å². The third-order valence-electron chi connectivity index (χ3n) is 5.54. The molecule has 0 fully saturated rings. The number of likely N-dealkylation sites (N-methyl/N-ethyl adjacent to an activating group) is 1. The van der Waals surface area contributed by atoms with E-state index in [0.717, 1.165) is 25.2 Å². The summed E-state index contributed by atoms with van der Waals surface area (Å²) in [7, 11) is 1.57. The summed E-state index contributed by atoms with van der Waals surface area (Å²) in [5.74, 6) is 0.385. The summed E-state index contributed by atoms with van der Waals surface area (Å²) in [5, 5.41) is 17.0. The van der Waals surface area contributed by atoms with Crippen molar-refractivity contribution in [2.75, 3.05) is 38.6 Å². The van der Waals surface area contributed by atoms with E-state index < -0.39 is 0 Å². The molecule has 1 heterocycles. The minimum atomic E-state index is -0.214. The summed E-state index contributed by atoms with van der Waals surface area (Å²) in [6.45, 7) is 7.78. The van der Waals surface area contributed by atoms with Crippen molar-refractivity contribution in [3.63, 3.8) is 0 Å². The average Bonchev–Trinajstić information content (AvgIpc) is 2.84. The first kappa shape index (κ1) is 24.3. The second kappa shape index (κ2) is 11.5. The highest BCUT2D eigenvalue weighted by atomic mass is 35.5. The molecule has 2 aromatic carbocycles. The van der Waals surface area contributed by atoms with E-state index in [4.69, 9.17) is 16.3 Å². The van der Waals surface area contributed by atoms with Gasteiger partial charge in [-0.2, -0.15) is 5.26 Å². The van der Waals surface area contributed by atoms with Gasteiger partial charge in [0.05, 0.1) is 40.5 Å². The number of benzene rings is 2. The molecule has 172 valence electrons. The largest absolute Gasteiger partial charge is 0.495 e. The summed E-state index contributed by atoms with van der Waals surface area (Å²) in [4.78, 5) is 19.7. The fourth-order valence-corrected chi connectivity index (χ4v) is 3.88. The molecular formula is C25H28ClN5O2. The first-order chi connectivity index (χ1) is 16.0. The number of nitriles is 1. The number of hydrogen-bond acceptors (Lipinski definition) is 6. The van der Waals surface area contributed by atoms with Crippen LogP contribution in [0.15, 0.2) is 42.6 Å². The Morgan fingerprint density at radius 3 is 2.67 bits per heavy atom. The van der Waals surface area contributed by atoms with Gasteiger partial charge in [0.15, 0.2) is 0 Å². The molecule has 0 unspecified atom stereocenters. The fourth-order valence-electron chi connectivity index (χ4n) is 3.60. The number of hydrogen-bond donors (Lipinski definition) is 2. The summed E-state index contributed by atoms with van der Waals surface area (Å²) in [6, 6.07) is 12.9. The van der Waals surface area contributed by atoms with Crippen LogP contribution in [0.25, 0.3) is 10.9 Å². The Kier molecular flexibility index (Phi) is 8.47. The monoisotopic (exact) mass is 465 g/mol. The van der Waals surface area contributed by atoms with Gasteiger partial charge in [-0.3, -0.25) is 9.78 Å². The quantitative estimate of drug-likeness (QED) is 0.459. The van der Waals surface area contributed by atoms with Crippen LogP contribution in [-0.2, 0) is 6.54 Å². The van der Waals surface area contributed by atoms with Crippen molar-refractivity contribution < 1.29 is 9.53 Å². The lowest BCUT2D eigenvalue weighted by Gasteiger charge is -2.19. The molecule has 1 amide bonds.